The number of aryl methyl sites for hydroxylation is 2. The van der Waals surface area contributed by atoms with Gasteiger partial charge in [-0.25, -0.2) is 0 Å². The van der Waals surface area contributed by atoms with Gasteiger partial charge in [0.1, 0.15) is 10.8 Å². The summed E-state index contributed by atoms with van der Waals surface area (Å²) in [5.74, 6) is 0.888. The van der Waals surface area contributed by atoms with E-state index in [4.69, 9.17) is 22.7 Å². The Kier molecular flexibility index (Phi) is 6.80. The molecule has 0 aliphatic heterocycles. The molecule has 1 aromatic rings. The maximum Gasteiger partial charge on any atom is 0.134 e. The summed E-state index contributed by atoms with van der Waals surface area (Å²) in [6.45, 7) is 6.51. The summed E-state index contributed by atoms with van der Waals surface area (Å²) in [7, 11) is 1.88. The van der Waals surface area contributed by atoms with Gasteiger partial charge >= 0.3 is 0 Å². The van der Waals surface area contributed by atoms with Gasteiger partial charge in [0.15, 0.2) is 0 Å². The highest BCUT2D eigenvalue weighted by atomic mass is 32.1. The van der Waals surface area contributed by atoms with Crippen LogP contribution >= 0.6 is 12.2 Å². The van der Waals surface area contributed by atoms with Gasteiger partial charge in [-0.05, 0) is 19.8 Å². The minimum absolute atomic E-state index is 0.382. The fourth-order valence-electron chi connectivity index (χ4n) is 1.89. The number of nitrogens with one attached hydrogen (secondary N) is 1. The van der Waals surface area contributed by atoms with Gasteiger partial charge in [0.2, 0.25) is 0 Å². The molecule has 5 nitrogen and oxygen atoms in total. The van der Waals surface area contributed by atoms with Crippen molar-refractivity contribution in [3.8, 4) is 0 Å². The lowest BCUT2D eigenvalue weighted by molar-refractivity contribution is 0.131. The number of rotatable bonds is 9. The predicted molar refractivity (Wildman–Crippen MR) is 82.7 cm³/mol. The molecule has 0 aliphatic carbocycles. The van der Waals surface area contributed by atoms with Crippen molar-refractivity contribution in [1.29, 1.82) is 0 Å². The molecule has 0 bridgehead atoms. The smallest absolute Gasteiger partial charge is 0.134 e. The zero-order chi connectivity index (χ0) is 14.3. The molecular weight excluding hydrogens is 260 g/mol. The second kappa shape index (κ2) is 8.12. The first-order valence-electron chi connectivity index (χ1n) is 6.73. The van der Waals surface area contributed by atoms with E-state index >= 15 is 0 Å². The van der Waals surface area contributed by atoms with Crippen LogP contribution in [0.3, 0.4) is 0 Å². The second-order valence-electron chi connectivity index (χ2n) is 4.54. The molecule has 1 aromatic heterocycles. The van der Waals surface area contributed by atoms with Crippen LogP contribution in [0.5, 0.6) is 0 Å². The van der Waals surface area contributed by atoms with Gasteiger partial charge in [-0.1, -0.05) is 25.6 Å². The lowest BCUT2D eigenvalue weighted by Crippen LogP contribution is -2.15. The molecule has 0 fully saturated rings. The zero-order valence-electron chi connectivity index (χ0n) is 12.0. The molecule has 0 aromatic carbocycles. The average molecular weight is 284 g/mol. The molecule has 0 saturated carbocycles. The summed E-state index contributed by atoms with van der Waals surface area (Å²) in [5.41, 5.74) is 7.42. The lowest BCUT2D eigenvalue weighted by atomic mass is 10.2. The van der Waals surface area contributed by atoms with Crippen LogP contribution in [0.15, 0.2) is 0 Å². The van der Waals surface area contributed by atoms with Crippen LogP contribution in [-0.4, -0.2) is 34.5 Å². The summed E-state index contributed by atoms with van der Waals surface area (Å²) in [6.07, 6.45) is 3.24. The van der Waals surface area contributed by atoms with E-state index in [0.717, 1.165) is 49.7 Å². The van der Waals surface area contributed by atoms with Gasteiger partial charge in [0, 0.05) is 26.8 Å². The fourth-order valence-corrected chi connectivity index (χ4v) is 2.13. The number of unbranched alkanes of at least 4 members (excludes halogenated alkanes) is 1. The highest BCUT2D eigenvalue weighted by molar-refractivity contribution is 7.80. The van der Waals surface area contributed by atoms with Crippen molar-refractivity contribution >= 4 is 23.0 Å². The highest BCUT2D eigenvalue weighted by Gasteiger charge is 2.14. The van der Waals surface area contributed by atoms with E-state index in [2.05, 4.69) is 17.3 Å². The molecule has 6 heteroatoms. The minimum atomic E-state index is 0.382. The molecule has 0 radical (unpaired) electrons. The number of aromatic nitrogens is 2. The van der Waals surface area contributed by atoms with Crippen molar-refractivity contribution < 1.29 is 4.74 Å². The summed E-state index contributed by atoms with van der Waals surface area (Å²) in [6, 6.07) is 0. The second-order valence-corrected chi connectivity index (χ2v) is 4.98. The van der Waals surface area contributed by atoms with Crippen molar-refractivity contribution in [2.75, 3.05) is 25.1 Å². The van der Waals surface area contributed by atoms with E-state index < -0.39 is 0 Å². The minimum Gasteiger partial charge on any atom is -0.389 e. The van der Waals surface area contributed by atoms with Crippen molar-refractivity contribution in [3.63, 3.8) is 0 Å². The molecule has 108 valence electrons. The normalized spacial score (nSPS) is 10.7. The third-order valence-corrected chi connectivity index (χ3v) is 3.07. The third kappa shape index (κ3) is 4.80. The quantitative estimate of drug-likeness (QED) is 0.536. The molecule has 0 atom stereocenters. The Bertz CT molecular complexity index is 417. The van der Waals surface area contributed by atoms with Gasteiger partial charge < -0.3 is 15.8 Å². The molecule has 0 spiro atoms. The van der Waals surface area contributed by atoms with Gasteiger partial charge in [0.25, 0.3) is 0 Å². The SMILES string of the molecule is CCCCOCCCNc1c(C(N)=S)c(C)nn1C. The summed E-state index contributed by atoms with van der Waals surface area (Å²) < 4.78 is 7.29. The zero-order valence-corrected chi connectivity index (χ0v) is 12.8. The molecule has 0 amide bonds. The number of ether oxygens (including phenoxy) is 1. The Morgan fingerprint density at radius 1 is 1.42 bits per heavy atom. The maximum absolute atomic E-state index is 5.73. The Labute approximate surface area is 120 Å². The highest BCUT2D eigenvalue weighted by Crippen LogP contribution is 2.18. The van der Waals surface area contributed by atoms with Gasteiger partial charge in [-0.15, -0.1) is 0 Å². The molecule has 1 rings (SSSR count). The van der Waals surface area contributed by atoms with E-state index in [1.54, 1.807) is 4.68 Å². The first-order chi connectivity index (χ1) is 9.07. The first-order valence-corrected chi connectivity index (χ1v) is 7.13. The van der Waals surface area contributed by atoms with E-state index in [9.17, 15) is 0 Å². The Balaban J connectivity index is 2.39. The summed E-state index contributed by atoms with van der Waals surface area (Å²) in [5, 5.41) is 7.65. The van der Waals surface area contributed by atoms with E-state index in [1.165, 1.54) is 6.42 Å². The van der Waals surface area contributed by atoms with Gasteiger partial charge in [-0.2, -0.15) is 5.10 Å². The molecular formula is C13H24N4OS. The first kappa shape index (κ1) is 15.9. The Morgan fingerprint density at radius 2 is 2.11 bits per heavy atom. The summed E-state index contributed by atoms with van der Waals surface area (Å²) in [4.78, 5) is 0.382. The van der Waals surface area contributed by atoms with Crippen molar-refractivity contribution in [2.45, 2.75) is 33.1 Å². The van der Waals surface area contributed by atoms with E-state index in [-0.39, 0.29) is 0 Å². The number of hydrogen-bond acceptors (Lipinski definition) is 4. The summed E-state index contributed by atoms with van der Waals surface area (Å²) >= 11 is 5.06. The third-order valence-electron chi connectivity index (χ3n) is 2.87. The number of anilines is 1. The number of thiocarbonyl (C=S) groups is 1. The predicted octanol–water partition coefficient (Wildman–Crippen LogP) is 1.98. The van der Waals surface area contributed by atoms with Crippen LogP contribution in [-0.2, 0) is 11.8 Å². The standard InChI is InChI=1S/C13H24N4OS/c1-4-5-8-18-9-6-7-15-13-11(12(14)19)10(2)16-17(13)3/h15H,4-9H2,1-3H3,(H2,14,19). The van der Waals surface area contributed by atoms with Crippen LogP contribution in [0.1, 0.15) is 37.4 Å². The van der Waals surface area contributed by atoms with Crippen molar-refractivity contribution in [2.24, 2.45) is 12.8 Å². The molecule has 0 saturated heterocycles. The van der Waals surface area contributed by atoms with Crippen LogP contribution in [0, 0.1) is 6.92 Å². The van der Waals surface area contributed by atoms with Gasteiger partial charge in [-0.3, -0.25) is 4.68 Å². The number of nitrogens with zero attached hydrogens (tertiary/aromatic N) is 2. The monoisotopic (exact) mass is 284 g/mol. The molecule has 0 unspecified atom stereocenters. The Hall–Kier alpha value is -1.14. The molecule has 0 aliphatic rings. The lowest BCUT2D eigenvalue weighted by Gasteiger charge is -2.09. The van der Waals surface area contributed by atoms with Crippen molar-refractivity contribution in [3.05, 3.63) is 11.3 Å². The van der Waals surface area contributed by atoms with Crippen LogP contribution < -0.4 is 11.1 Å². The largest absolute Gasteiger partial charge is 0.389 e. The number of nitrogens with two attached hydrogens (primary N) is 1. The Morgan fingerprint density at radius 3 is 2.74 bits per heavy atom. The van der Waals surface area contributed by atoms with E-state index in [0.29, 0.717) is 4.99 Å². The van der Waals surface area contributed by atoms with E-state index in [1.807, 2.05) is 14.0 Å². The maximum atomic E-state index is 5.73. The average Bonchev–Trinajstić information content (AvgIpc) is 2.63. The van der Waals surface area contributed by atoms with Gasteiger partial charge in [0.05, 0.1) is 11.3 Å². The van der Waals surface area contributed by atoms with Crippen LogP contribution in [0.25, 0.3) is 0 Å². The van der Waals surface area contributed by atoms with Crippen LogP contribution in [0.2, 0.25) is 0 Å². The molecule has 1 heterocycles. The fraction of sp³-hybridized carbons (Fsp3) is 0.692. The molecule has 19 heavy (non-hydrogen) atoms. The molecule has 3 N–H and O–H groups in total. The number of hydrogen-bond donors (Lipinski definition) is 2. The van der Waals surface area contributed by atoms with Crippen LogP contribution in [0.4, 0.5) is 5.82 Å². The topological polar surface area (TPSA) is 65.1 Å². The van der Waals surface area contributed by atoms with Crippen molar-refractivity contribution in [1.82, 2.24) is 9.78 Å².